The largest absolute Gasteiger partial charge is 0.472 e. The lowest BCUT2D eigenvalue weighted by atomic mass is 10.1. The van der Waals surface area contributed by atoms with Gasteiger partial charge in [-0.1, -0.05) is 199 Å². The molecule has 2 unspecified atom stereocenters. The highest BCUT2D eigenvalue weighted by molar-refractivity contribution is 7.47. The van der Waals surface area contributed by atoms with Gasteiger partial charge in [-0.15, -0.1) is 0 Å². The van der Waals surface area contributed by atoms with Crippen LogP contribution in [0.2, 0.25) is 0 Å². The Balaban J connectivity index is 4.11. The Labute approximate surface area is 379 Å². The van der Waals surface area contributed by atoms with E-state index in [1.165, 1.54) is 193 Å². The minimum absolute atomic E-state index is 0.0892. The summed E-state index contributed by atoms with van der Waals surface area (Å²) in [7, 11) is 1.67. The van der Waals surface area contributed by atoms with E-state index >= 15 is 0 Å². The Kier molecular flexibility index (Phi) is 44.8. The fourth-order valence-electron chi connectivity index (χ4n) is 7.43. The average molecular weight is 885 g/mol. The molecule has 0 rings (SSSR count). The minimum Gasteiger partial charge on any atom is -0.457 e. The van der Waals surface area contributed by atoms with Gasteiger partial charge in [0.1, 0.15) is 19.3 Å². The van der Waals surface area contributed by atoms with Crippen molar-refractivity contribution in [2.45, 2.75) is 251 Å². The van der Waals surface area contributed by atoms with E-state index in [4.69, 9.17) is 18.5 Å². The van der Waals surface area contributed by atoms with Crippen molar-refractivity contribution >= 4 is 13.8 Å². The summed E-state index contributed by atoms with van der Waals surface area (Å²) in [6.07, 6.45) is 53.6. The predicted octanol–water partition coefficient (Wildman–Crippen LogP) is 16.0. The summed E-state index contributed by atoms with van der Waals surface area (Å²) >= 11 is 0. The topological polar surface area (TPSA) is 91.3 Å². The van der Waals surface area contributed by atoms with Crippen LogP contribution in [0.25, 0.3) is 0 Å². The Morgan fingerprint density at radius 1 is 0.492 bits per heavy atom. The summed E-state index contributed by atoms with van der Waals surface area (Å²) in [6, 6.07) is 0. The van der Waals surface area contributed by atoms with E-state index in [0.717, 1.165) is 32.1 Å². The Hall–Kier alpha value is -1.02. The number of hydrogen-bond acceptors (Lipinski definition) is 6. The molecule has 0 aliphatic carbocycles. The summed E-state index contributed by atoms with van der Waals surface area (Å²) < 4.78 is 35.2. The Bertz CT molecular complexity index is 1030. The molecule has 0 aliphatic rings. The molecule has 0 spiro atoms. The van der Waals surface area contributed by atoms with Crippen molar-refractivity contribution in [3.05, 3.63) is 24.3 Å². The molecule has 9 heteroatoms. The molecular weight excluding hydrogens is 782 g/mol. The van der Waals surface area contributed by atoms with Crippen LogP contribution in [-0.2, 0) is 27.9 Å². The van der Waals surface area contributed by atoms with Gasteiger partial charge in [0.05, 0.1) is 34.4 Å². The SMILES string of the molecule is CCCCCCCC/C=C\CCCCCCCCCC(=O)OC(COCCCCCCCCCCCC/C=C\CCCCCCCCCC)COP(=O)(O)OCC[N+](C)(C)C. The van der Waals surface area contributed by atoms with Gasteiger partial charge in [-0.25, -0.2) is 4.57 Å². The number of carbonyl (C=O) groups is 1. The lowest BCUT2D eigenvalue weighted by molar-refractivity contribution is -0.870. The van der Waals surface area contributed by atoms with Gasteiger partial charge < -0.3 is 18.9 Å². The van der Waals surface area contributed by atoms with E-state index in [2.05, 4.69) is 38.2 Å². The molecule has 2 atom stereocenters. The van der Waals surface area contributed by atoms with Gasteiger partial charge in [-0.3, -0.25) is 13.8 Å². The predicted molar refractivity (Wildman–Crippen MR) is 261 cm³/mol. The number of allylic oxidation sites excluding steroid dienone is 4. The van der Waals surface area contributed by atoms with Crippen molar-refractivity contribution < 1.29 is 37.3 Å². The first-order chi connectivity index (χ1) is 29.6. The van der Waals surface area contributed by atoms with Crippen molar-refractivity contribution in [2.75, 3.05) is 54.1 Å². The maximum atomic E-state index is 12.7. The number of phosphoric ester groups is 1. The molecule has 0 fully saturated rings. The van der Waals surface area contributed by atoms with Crippen molar-refractivity contribution in [1.82, 2.24) is 0 Å². The fourth-order valence-corrected chi connectivity index (χ4v) is 8.17. The Morgan fingerprint density at radius 3 is 1.25 bits per heavy atom. The highest BCUT2D eigenvalue weighted by Gasteiger charge is 2.26. The Morgan fingerprint density at radius 2 is 0.852 bits per heavy atom. The van der Waals surface area contributed by atoms with E-state index < -0.39 is 13.9 Å². The van der Waals surface area contributed by atoms with E-state index in [1.807, 2.05) is 21.1 Å². The average Bonchev–Trinajstić information content (AvgIpc) is 3.22. The first-order valence-corrected chi connectivity index (χ1v) is 27.6. The van der Waals surface area contributed by atoms with E-state index in [0.29, 0.717) is 24.1 Å². The number of likely N-dealkylation sites (N-methyl/N-ethyl adjacent to an activating group) is 1. The smallest absolute Gasteiger partial charge is 0.457 e. The molecule has 61 heavy (non-hydrogen) atoms. The molecule has 0 saturated carbocycles. The van der Waals surface area contributed by atoms with Crippen LogP contribution in [0.15, 0.2) is 24.3 Å². The number of quaternary nitrogens is 1. The fraction of sp³-hybridized carbons (Fsp3) is 0.904. The first-order valence-electron chi connectivity index (χ1n) is 26.1. The van der Waals surface area contributed by atoms with Crippen molar-refractivity contribution in [3.63, 3.8) is 0 Å². The molecule has 0 aromatic heterocycles. The molecule has 0 amide bonds. The third-order valence-corrected chi connectivity index (χ3v) is 12.5. The number of ether oxygens (including phenoxy) is 2. The molecule has 0 aromatic rings. The van der Waals surface area contributed by atoms with Gasteiger partial charge in [-0.05, 0) is 64.2 Å². The number of nitrogens with zero attached hydrogens (tertiary/aromatic N) is 1. The van der Waals surface area contributed by atoms with Gasteiger partial charge >= 0.3 is 13.8 Å². The first kappa shape index (κ1) is 60.0. The zero-order valence-electron chi connectivity index (χ0n) is 41.2. The lowest BCUT2D eigenvalue weighted by Gasteiger charge is -2.24. The third-order valence-electron chi connectivity index (χ3n) is 11.5. The van der Waals surface area contributed by atoms with Gasteiger partial charge in [0.2, 0.25) is 0 Å². The molecule has 0 aliphatic heterocycles. The zero-order chi connectivity index (χ0) is 44.8. The normalized spacial score (nSPS) is 13.7. The summed E-state index contributed by atoms with van der Waals surface area (Å²) in [5.74, 6) is -0.315. The molecule has 0 bridgehead atoms. The zero-order valence-corrected chi connectivity index (χ0v) is 42.1. The summed E-state index contributed by atoms with van der Waals surface area (Å²) in [5.41, 5.74) is 0. The number of unbranched alkanes of at least 4 members (excludes halogenated alkanes) is 31. The van der Waals surface area contributed by atoms with Crippen molar-refractivity contribution in [2.24, 2.45) is 0 Å². The number of rotatable bonds is 49. The van der Waals surface area contributed by atoms with Gasteiger partial charge in [-0.2, -0.15) is 0 Å². The maximum Gasteiger partial charge on any atom is 0.472 e. The van der Waals surface area contributed by atoms with Crippen LogP contribution in [0, 0.1) is 0 Å². The van der Waals surface area contributed by atoms with Gasteiger partial charge in [0.15, 0.2) is 0 Å². The van der Waals surface area contributed by atoms with Crippen LogP contribution >= 0.6 is 7.82 Å². The molecule has 0 heterocycles. The number of hydrogen-bond donors (Lipinski definition) is 1. The number of carbonyl (C=O) groups excluding carboxylic acids is 1. The quantitative estimate of drug-likeness (QED) is 0.0214. The van der Waals surface area contributed by atoms with Crippen LogP contribution in [0.1, 0.15) is 245 Å². The highest BCUT2D eigenvalue weighted by Crippen LogP contribution is 2.43. The second kappa shape index (κ2) is 45.5. The molecule has 0 saturated heterocycles. The third kappa shape index (κ3) is 49.8. The summed E-state index contributed by atoms with van der Waals surface area (Å²) in [6.45, 7) is 5.65. The van der Waals surface area contributed by atoms with Crippen molar-refractivity contribution in [1.29, 1.82) is 0 Å². The van der Waals surface area contributed by atoms with Crippen molar-refractivity contribution in [3.8, 4) is 0 Å². The number of phosphoric acid groups is 1. The molecule has 8 nitrogen and oxygen atoms in total. The van der Waals surface area contributed by atoms with Crippen LogP contribution in [0.5, 0.6) is 0 Å². The molecule has 1 N–H and O–H groups in total. The lowest BCUT2D eigenvalue weighted by Crippen LogP contribution is -2.37. The molecular formula is C52H103NO7P+. The van der Waals surface area contributed by atoms with Crippen LogP contribution < -0.4 is 0 Å². The second-order valence-corrected chi connectivity index (χ2v) is 20.4. The molecule has 0 aromatic carbocycles. The minimum atomic E-state index is -4.28. The highest BCUT2D eigenvalue weighted by atomic mass is 31.2. The maximum absolute atomic E-state index is 12.7. The van der Waals surface area contributed by atoms with Gasteiger partial charge in [0, 0.05) is 13.0 Å². The van der Waals surface area contributed by atoms with Gasteiger partial charge in [0.25, 0.3) is 0 Å². The van der Waals surface area contributed by atoms with Crippen LogP contribution in [-0.4, -0.2) is 75.6 Å². The van der Waals surface area contributed by atoms with E-state index in [9.17, 15) is 14.3 Å². The molecule has 362 valence electrons. The summed E-state index contributed by atoms with van der Waals surface area (Å²) in [4.78, 5) is 23.0. The van der Waals surface area contributed by atoms with Crippen LogP contribution in [0.3, 0.4) is 0 Å². The van der Waals surface area contributed by atoms with Crippen LogP contribution in [0.4, 0.5) is 0 Å². The summed E-state index contributed by atoms with van der Waals surface area (Å²) in [5, 5.41) is 0. The van der Waals surface area contributed by atoms with E-state index in [-0.39, 0.29) is 25.8 Å². The van der Waals surface area contributed by atoms with E-state index in [1.54, 1.807) is 0 Å². The number of esters is 1. The standard InChI is InChI=1S/C52H102NO7P/c1-6-8-10-12-14-16-18-20-22-24-25-26-27-28-30-32-34-36-38-40-42-44-47-57-49-51(50-59-61(55,56)58-48-46-53(3,4)5)60-52(54)45-43-41-39-37-35-33-31-29-23-21-19-17-15-13-11-9-7-2/h21,23-25,51H,6-20,22,26-50H2,1-5H3/p+1/b23-21-,25-24-. The monoisotopic (exact) mass is 885 g/mol. The second-order valence-electron chi connectivity index (χ2n) is 18.9. The molecule has 0 radical (unpaired) electrons.